The molecule has 0 radical (unpaired) electrons. The summed E-state index contributed by atoms with van der Waals surface area (Å²) in [4.78, 5) is 0. The maximum absolute atomic E-state index is 10.3. The maximum Gasteiger partial charge on any atom is 0.220 e. The molecule has 1 N–H and O–H groups in total. The number of benzene rings is 2. The fourth-order valence-electron chi connectivity index (χ4n) is 2.45. The van der Waals surface area contributed by atoms with Crippen molar-refractivity contribution in [1.82, 2.24) is 9.78 Å². The molecule has 130 valence electrons. The maximum atomic E-state index is 10.3. The number of para-hydroxylation sites is 1. The Balaban J connectivity index is 1.80. The van der Waals surface area contributed by atoms with Gasteiger partial charge in [-0.2, -0.15) is 5.10 Å². The predicted octanol–water partition coefficient (Wildman–Crippen LogP) is 4.77. The number of phenolic OH excluding ortho intramolecular Hbond substituents is 1. The Morgan fingerprint density at radius 3 is 2.52 bits per heavy atom. The van der Waals surface area contributed by atoms with Crippen molar-refractivity contribution >= 4 is 11.6 Å². The van der Waals surface area contributed by atoms with E-state index in [-0.39, 0.29) is 12.4 Å². The van der Waals surface area contributed by atoms with E-state index in [0.29, 0.717) is 22.2 Å². The smallest absolute Gasteiger partial charge is 0.220 e. The van der Waals surface area contributed by atoms with Gasteiger partial charge in [-0.05, 0) is 32.0 Å². The first-order chi connectivity index (χ1) is 12.0. The molecule has 0 saturated carbocycles. The van der Waals surface area contributed by atoms with E-state index in [0.717, 1.165) is 17.0 Å². The minimum atomic E-state index is 0.0619. The number of hydrogen-bond donors (Lipinski definition) is 1. The molecule has 5 nitrogen and oxygen atoms in total. The van der Waals surface area contributed by atoms with Crippen LogP contribution in [0, 0.1) is 13.8 Å². The normalized spacial score (nSPS) is 10.7. The second kappa shape index (κ2) is 7.07. The fourth-order valence-corrected chi connectivity index (χ4v) is 2.67. The molecular formula is C19H19ClN2O3. The zero-order valence-electron chi connectivity index (χ0n) is 14.3. The van der Waals surface area contributed by atoms with Gasteiger partial charge >= 0.3 is 0 Å². The molecule has 0 fully saturated rings. The SMILES string of the molecule is Cc1nn(C)c(Oc2cc(O)c(COc3ccccc3)cc2Cl)c1C. The van der Waals surface area contributed by atoms with Crippen molar-refractivity contribution in [2.45, 2.75) is 20.5 Å². The van der Waals surface area contributed by atoms with Gasteiger partial charge in [-0.3, -0.25) is 0 Å². The highest BCUT2D eigenvalue weighted by atomic mass is 35.5. The van der Waals surface area contributed by atoms with Gasteiger partial charge in [0.15, 0.2) is 5.75 Å². The molecule has 0 unspecified atom stereocenters. The number of phenols is 1. The van der Waals surface area contributed by atoms with Crippen molar-refractivity contribution in [1.29, 1.82) is 0 Å². The lowest BCUT2D eigenvalue weighted by Gasteiger charge is -2.12. The molecule has 3 aromatic rings. The van der Waals surface area contributed by atoms with Crippen LogP contribution in [0.3, 0.4) is 0 Å². The fraction of sp³-hybridized carbons (Fsp3) is 0.211. The van der Waals surface area contributed by atoms with E-state index in [2.05, 4.69) is 5.10 Å². The van der Waals surface area contributed by atoms with E-state index >= 15 is 0 Å². The van der Waals surface area contributed by atoms with Crippen LogP contribution >= 0.6 is 11.6 Å². The molecule has 0 aliphatic heterocycles. The van der Waals surface area contributed by atoms with E-state index in [1.54, 1.807) is 17.8 Å². The zero-order valence-corrected chi connectivity index (χ0v) is 15.0. The second-order valence-corrected chi connectivity index (χ2v) is 6.16. The standard InChI is InChI=1S/C19H19ClN2O3/c1-12-13(2)21-22(3)19(12)25-18-10-17(23)14(9-16(18)20)11-24-15-7-5-4-6-8-15/h4-10,23H,11H2,1-3H3. The van der Waals surface area contributed by atoms with Gasteiger partial charge in [0.05, 0.1) is 10.7 Å². The molecule has 2 aromatic carbocycles. The average Bonchev–Trinajstić information content (AvgIpc) is 2.83. The van der Waals surface area contributed by atoms with Crippen LogP contribution in [0.15, 0.2) is 42.5 Å². The number of hydrogen-bond acceptors (Lipinski definition) is 4. The van der Waals surface area contributed by atoms with Gasteiger partial charge in [0, 0.05) is 24.2 Å². The van der Waals surface area contributed by atoms with Crippen LogP contribution in [0.4, 0.5) is 0 Å². The van der Waals surface area contributed by atoms with Crippen LogP contribution in [0.25, 0.3) is 0 Å². The molecule has 0 aliphatic rings. The van der Waals surface area contributed by atoms with Crippen molar-refractivity contribution in [3.8, 4) is 23.1 Å². The highest BCUT2D eigenvalue weighted by Gasteiger charge is 2.15. The van der Waals surface area contributed by atoms with Crippen molar-refractivity contribution in [2.75, 3.05) is 0 Å². The average molecular weight is 359 g/mol. The van der Waals surface area contributed by atoms with Crippen LogP contribution in [0.2, 0.25) is 5.02 Å². The van der Waals surface area contributed by atoms with Gasteiger partial charge in [0.1, 0.15) is 18.1 Å². The van der Waals surface area contributed by atoms with Crippen molar-refractivity contribution in [3.63, 3.8) is 0 Å². The molecule has 0 amide bonds. The number of nitrogens with zero attached hydrogens (tertiary/aromatic N) is 2. The third-order valence-electron chi connectivity index (χ3n) is 3.93. The summed E-state index contributed by atoms with van der Waals surface area (Å²) in [5, 5.41) is 15.0. The number of halogens is 1. The summed E-state index contributed by atoms with van der Waals surface area (Å²) in [5.41, 5.74) is 2.39. The third-order valence-corrected chi connectivity index (χ3v) is 4.23. The topological polar surface area (TPSA) is 56.5 Å². The molecule has 1 heterocycles. The summed E-state index contributed by atoms with van der Waals surface area (Å²) in [6.07, 6.45) is 0. The first-order valence-electron chi connectivity index (χ1n) is 7.83. The molecule has 0 spiro atoms. The zero-order chi connectivity index (χ0) is 18.0. The van der Waals surface area contributed by atoms with Gasteiger partial charge < -0.3 is 14.6 Å². The van der Waals surface area contributed by atoms with Crippen LogP contribution in [-0.4, -0.2) is 14.9 Å². The third kappa shape index (κ3) is 3.72. The first-order valence-corrected chi connectivity index (χ1v) is 8.20. The van der Waals surface area contributed by atoms with Gasteiger partial charge in [0.25, 0.3) is 0 Å². The largest absolute Gasteiger partial charge is 0.507 e. The Morgan fingerprint density at radius 2 is 1.88 bits per heavy atom. The lowest BCUT2D eigenvalue weighted by Crippen LogP contribution is -1.99. The van der Waals surface area contributed by atoms with Gasteiger partial charge in [0.2, 0.25) is 5.88 Å². The van der Waals surface area contributed by atoms with Crippen LogP contribution in [0.1, 0.15) is 16.8 Å². The molecule has 0 aliphatic carbocycles. The molecule has 1 aromatic heterocycles. The number of aromatic hydroxyl groups is 1. The Kier molecular flexibility index (Phi) is 4.86. The number of aryl methyl sites for hydroxylation is 2. The van der Waals surface area contributed by atoms with Crippen molar-refractivity contribution < 1.29 is 14.6 Å². The monoisotopic (exact) mass is 358 g/mol. The summed E-state index contributed by atoms with van der Waals surface area (Å²) in [6, 6.07) is 12.5. The molecule has 25 heavy (non-hydrogen) atoms. The van der Waals surface area contributed by atoms with Crippen LogP contribution in [0.5, 0.6) is 23.1 Å². The lowest BCUT2D eigenvalue weighted by molar-refractivity contribution is 0.298. The van der Waals surface area contributed by atoms with Crippen LogP contribution in [-0.2, 0) is 13.7 Å². The van der Waals surface area contributed by atoms with E-state index in [1.165, 1.54) is 6.07 Å². The molecule has 0 bridgehead atoms. The Hall–Kier alpha value is -2.66. The second-order valence-electron chi connectivity index (χ2n) is 5.75. The quantitative estimate of drug-likeness (QED) is 0.714. The van der Waals surface area contributed by atoms with E-state index in [4.69, 9.17) is 21.1 Å². The van der Waals surface area contributed by atoms with E-state index in [1.807, 2.05) is 44.2 Å². The summed E-state index contributed by atoms with van der Waals surface area (Å²) < 4.78 is 13.2. The highest BCUT2D eigenvalue weighted by molar-refractivity contribution is 6.32. The van der Waals surface area contributed by atoms with Crippen molar-refractivity contribution in [2.24, 2.45) is 7.05 Å². The summed E-state index contributed by atoms with van der Waals surface area (Å²) in [7, 11) is 1.80. The Labute approximate surface area is 151 Å². The molecule has 0 atom stereocenters. The number of rotatable bonds is 5. The lowest BCUT2D eigenvalue weighted by atomic mass is 10.2. The molecule has 3 rings (SSSR count). The predicted molar refractivity (Wildman–Crippen MR) is 96.6 cm³/mol. The first kappa shape index (κ1) is 17.2. The number of ether oxygens (including phenoxy) is 2. The minimum absolute atomic E-state index is 0.0619. The molecule has 6 heteroatoms. The van der Waals surface area contributed by atoms with E-state index in [9.17, 15) is 5.11 Å². The summed E-state index contributed by atoms with van der Waals surface area (Å²) >= 11 is 6.32. The highest BCUT2D eigenvalue weighted by Crippen LogP contribution is 2.36. The van der Waals surface area contributed by atoms with Crippen molar-refractivity contribution in [3.05, 3.63) is 64.3 Å². The number of aromatic nitrogens is 2. The van der Waals surface area contributed by atoms with E-state index < -0.39 is 0 Å². The van der Waals surface area contributed by atoms with Gasteiger partial charge in [-0.15, -0.1) is 0 Å². The Bertz CT molecular complexity index is 891. The van der Waals surface area contributed by atoms with Gasteiger partial charge in [-0.1, -0.05) is 29.8 Å². The minimum Gasteiger partial charge on any atom is -0.507 e. The summed E-state index contributed by atoms with van der Waals surface area (Å²) in [6.45, 7) is 4.04. The van der Waals surface area contributed by atoms with Gasteiger partial charge in [-0.25, -0.2) is 4.68 Å². The molecule has 0 saturated heterocycles. The van der Waals surface area contributed by atoms with Crippen LogP contribution < -0.4 is 9.47 Å². The molecular weight excluding hydrogens is 340 g/mol. The summed E-state index contributed by atoms with van der Waals surface area (Å²) in [5.74, 6) is 1.74. The Morgan fingerprint density at radius 1 is 1.16 bits per heavy atom.